The minimum absolute atomic E-state index is 0. The summed E-state index contributed by atoms with van der Waals surface area (Å²) in [7, 11) is 0. The summed E-state index contributed by atoms with van der Waals surface area (Å²) in [6.45, 7) is 2.01. The molecule has 0 amide bonds. The third kappa shape index (κ3) is 3.44. The van der Waals surface area contributed by atoms with Gasteiger partial charge in [0.05, 0.1) is 0 Å². The topological polar surface area (TPSA) is 44.0 Å². The van der Waals surface area contributed by atoms with Gasteiger partial charge in [0.15, 0.2) is 12.4 Å². The van der Waals surface area contributed by atoms with Crippen LogP contribution >= 0.6 is 24.0 Å². The van der Waals surface area contributed by atoms with Crippen LogP contribution in [-0.2, 0) is 6.54 Å². The summed E-state index contributed by atoms with van der Waals surface area (Å²) in [5.74, 6) is -0.373. The molecule has 0 atom stereocenters. The summed E-state index contributed by atoms with van der Waals surface area (Å²) >= 11 is 0. The highest BCUT2D eigenvalue weighted by molar-refractivity contribution is 14.0. The number of rotatable bonds is 3. The van der Waals surface area contributed by atoms with Crippen molar-refractivity contribution in [1.82, 2.24) is 0 Å². The van der Waals surface area contributed by atoms with E-state index in [0.29, 0.717) is 0 Å². The molecule has 0 saturated heterocycles. The fourth-order valence-corrected chi connectivity index (χ4v) is 2.39. The number of fused-ring (bicyclic) bond motifs is 1. The number of benzene rings is 2. The SMILES string of the molecule is Cc1ccc(C(=O)C[n+]2ccc3ccccc3c2)c([O-])c1.I. The Balaban J connectivity index is 0.00000176. The second-order valence-electron chi connectivity index (χ2n) is 5.17. The van der Waals surface area contributed by atoms with E-state index in [2.05, 4.69) is 0 Å². The molecule has 112 valence electrons. The van der Waals surface area contributed by atoms with Crippen LogP contribution in [0.25, 0.3) is 10.8 Å². The van der Waals surface area contributed by atoms with E-state index in [-0.39, 0.29) is 47.6 Å². The van der Waals surface area contributed by atoms with E-state index in [4.69, 9.17) is 0 Å². The van der Waals surface area contributed by atoms with Gasteiger partial charge in [0.25, 0.3) is 0 Å². The smallest absolute Gasteiger partial charge is 0.226 e. The Morgan fingerprint density at radius 1 is 1.09 bits per heavy atom. The zero-order valence-electron chi connectivity index (χ0n) is 12.2. The first-order chi connectivity index (χ1) is 10.1. The van der Waals surface area contributed by atoms with Crippen LogP contribution in [0.2, 0.25) is 0 Å². The quantitative estimate of drug-likeness (QED) is 0.382. The molecular formula is C18H16INO2. The van der Waals surface area contributed by atoms with Crippen molar-refractivity contribution < 1.29 is 14.5 Å². The highest BCUT2D eigenvalue weighted by Crippen LogP contribution is 2.16. The number of aromatic nitrogens is 1. The average Bonchev–Trinajstić information content (AvgIpc) is 2.47. The summed E-state index contributed by atoms with van der Waals surface area (Å²) in [4.78, 5) is 12.3. The van der Waals surface area contributed by atoms with Gasteiger partial charge in [-0.15, -0.1) is 24.0 Å². The van der Waals surface area contributed by atoms with Crippen molar-refractivity contribution >= 4 is 40.5 Å². The fraction of sp³-hybridized carbons (Fsp3) is 0.111. The molecule has 0 fully saturated rings. The third-order valence-corrected chi connectivity index (χ3v) is 3.51. The van der Waals surface area contributed by atoms with Crippen molar-refractivity contribution in [2.45, 2.75) is 13.5 Å². The Hall–Kier alpha value is -1.95. The van der Waals surface area contributed by atoms with Crippen LogP contribution < -0.4 is 9.67 Å². The number of nitrogens with zero attached hydrogens (tertiary/aromatic N) is 1. The summed E-state index contributed by atoms with van der Waals surface area (Å²) in [5, 5.41) is 14.0. The Kier molecular flexibility index (Phi) is 5.13. The predicted octanol–water partition coefficient (Wildman–Crippen LogP) is 3.01. The molecule has 3 nitrogen and oxygen atoms in total. The lowest BCUT2D eigenvalue weighted by Gasteiger charge is -2.11. The van der Waals surface area contributed by atoms with Crippen molar-refractivity contribution in [3.05, 3.63) is 72.1 Å². The van der Waals surface area contributed by atoms with Gasteiger partial charge < -0.3 is 5.11 Å². The monoisotopic (exact) mass is 405 g/mol. The summed E-state index contributed by atoms with van der Waals surface area (Å²) in [6, 6.07) is 14.8. The van der Waals surface area contributed by atoms with E-state index in [1.807, 2.05) is 54.2 Å². The number of ketones is 1. The van der Waals surface area contributed by atoms with Gasteiger partial charge in [0.2, 0.25) is 12.3 Å². The Bertz CT molecular complexity index is 830. The molecule has 0 saturated carbocycles. The Morgan fingerprint density at radius 2 is 1.82 bits per heavy atom. The van der Waals surface area contributed by atoms with Gasteiger partial charge in [-0.1, -0.05) is 47.7 Å². The van der Waals surface area contributed by atoms with Crippen LogP contribution in [-0.4, -0.2) is 5.78 Å². The van der Waals surface area contributed by atoms with E-state index in [9.17, 15) is 9.90 Å². The van der Waals surface area contributed by atoms with Crippen molar-refractivity contribution in [1.29, 1.82) is 0 Å². The van der Waals surface area contributed by atoms with Crippen LogP contribution in [0.1, 0.15) is 15.9 Å². The molecule has 2 aromatic carbocycles. The number of hydrogen-bond donors (Lipinski definition) is 0. The minimum atomic E-state index is -0.207. The van der Waals surface area contributed by atoms with Crippen LogP contribution in [0, 0.1) is 6.92 Å². The molecule has 1 heterocycles. The highest BCUT2D eigenvalue weighted by atomic mass is 127. The predicted molar refractivity (Wildman–Crippen MR) is 94.5 cm³/mol. The first-order valence-electron chi connectivity index (χ1n) is 6.82. The average molecular weight is 405 g/mol. The molecule has 0 radical (unpaired) electrons. The molecule has 0 unspecified atom stereocenters. The van der Waals surface area contributed by atoms with Gasteiger partial charge in [-0.3, -0.25) is 4.79 Å². The third-order valence-electron chi connectivity index (χ3n) is 3.51. The first kappa shape index (κ1) is 16.4. The van der Waals surface area contributed by atoms with Crippen molar-refractivity contribution in [2.24, 2.45) is 0 Å². The second kappa shape index (κ2) is 6.87. The summed E-state index contributed by atoms with van der Waals surface area (Å²) < 4.78 is 1.81. The normalized spacial score (nSPS) is 10.2. The van der Waals surface area contributed by atoms with Gasteiger partial charge >= 0.3 is 0 Å². The molecule has 0 spiro atoms. The van der Waals surface area contributed by atoms with Crippen LogP contribution in [0.4, 0.5) is 0 Å². The maximum atomic E-state index is 12.3. The van der Waals surface area contributed by atoms with Gasteiger partial charge in [0, 0.05) is 17.0 Å². The van der Waals surface area contributed by atoms with E-state index < -0.39 is 0 Å². The molecule has 0 N–H and O–H groups in total. The molecule has 0 bridgehead atoms. The number of carbonyl (C=O) groups is 1. The van der Waals surface area contributed by atoms with E-state index in [0.717, 1.165) is 16.3 Å². The maximum absolute atomic E-state index is 12.3. The molecule has 3 aromatic rings. The fourth-order valence-electron chi connectivity index (χ4n) is 2.39. The molecular weight excluding hydrogens is 389 g/mol. The molecule has 0 aliphatic carbocycles. The van der Waals surface area contributed by atoms with Crippen LogP contribution in [0.3, 0.4) is 0 Å². The number of Topliss-reactive ketones (excluding diaryl/α,β-unsaturated/α-hetero) is 1. The van der Waals surface area contributed by atoms with E-state index in [1.54, 1.807) is 12.1 Å². The van der Waals surface area contributed by atoms with E-state index in [1.165, 1.54) is 6.07 Å². The molecule has 22 heavy (non-hydrogen) atoms. The second-order valence-corrected chi connectivity index (χ2v) is 5.17. The molecule has 3 rings (SSSR count). The molecule has 0 aliphatic rings. The minimum Gasteiger partial charge on any atom is -0.872 e. The Labute approximate surface area is 146 Å². The highest BCUT2D eigenvalue weighted by Gasteiger charge is 2.13. The summed E-state index contributed by atoms with van der Waals surface area (Å²) in [6.07, 6.45) is 3.78. The zero-order valence-corrected chi connectivity index (χ0v) is 14.5. The number of pyridine rings is 1. The van der Waals surface area contributed by atoms with Crippen LogP contribution in [0.5, 0.6) is 5.75 Å². The van der Waals surface area contributed by atoms with Gasteiger partial charge in [-0.2, -0.15) is 4.57 Å². The van der Waals surface area contributed by atoms with Crippen molar-refractivity contribution in [2.75, 3.05) is 0 Å². The van der Waals surface area contributed by atoms with Gasteiger partial charge in [-0.05, 0) is 18.4 Å². The standard InChI is InChI=1S/C18H15NO2.HI/c1-13-6-7-16(17(20)10-13)18(21)12-19-9-8-14-4-2-3-5-15(14)11-19;/h2-11H,12H2,1H3;1H. The van der Waals surface area contributed by atoms with Crippen molar-refractivity contribution in [3.8, 4) is 5.75 Å². The number of aryl methyl sites for hydroxylation is 1. The Morgan fingerprint density at radius 3 is 2.55 bits per heavy atom. The van der Waals surface area contributed by atoms with Gasteiger partial charge in [0.1, 0.15) is 0 Å². The maximum Gasteiger partial charge on any atom is 0.226 e. The molecule has 0 aliphatic heterocycles. The lowest BCUT2D eigenvalue weighted by molar-refractivity contribution is -0.681. The van der Waals surface area contributed by atoms with Gasteiger partial charge in [-0.25, -0.2) is 0 Å². The van der Waals surface area contributed by atoms with Crippen molar-refractivity contribution in [3.63, 3.8) is 0 Å². The molecule has 4 heteroatoms. The van der Waals surface area contributed by atoms with Crippen LogP contribution in [0.15, 0.2) is 60.9 Å². The largest absolute Gasteiger partial charge is 0.872 e. The number of halogens is 1. The number of carbonyl (C=O) groups excluding carboxylic acids is 1. The zero-order chi connectivity index (χ0) is 14.8. The summed E-state index contributed by atoms with van der Waals surface area (Å²) in [5.41, 5.74) is 1.12. The lowest BCUT2D eigenvalue weighted by Crippen LogP contribution is -2.37. The number of hydrogen-bond acceptors (Lipinski definition) is 2. The van der Waals surface area contributed by atoms with E-state index >= 15 is 0 Å². The molecule has 1 aromatic heterocycles. The first-order valence-corrected chi connectivity index (χ1v) is 6.82. The lowest BCUT2D eigenvalue weighted by atomic mass is 10.1.